The topological polar surface area (TPSA) is 66.0 Å². The van der Waals surface area contributed by atoms with Crippen molar-refractivity contribution in [1.82, 2.24) is 4.98 Å². The van der Waals surface area contributed by atoms with Gasteiger partial charge in [-0.1, -0.05) is 18.2 Å². The Morgan fingerprint density at radius 1 is 1.33 bits per heavy atom. The fourth-order valence-electron chi connectivity index (χ4n) is 1.83. The molecule has 0 bridgehead atoms. The van der Waals surface area contributed by atoms with Gasteiger partial charge < -0.3 is 10.6 Å². The highest BCUT2D eigenvalue weighted by Crippen LogP contribution is 2.23. The number of pyridine rings is 1. The van der Waals surface area contributed by atoms with E-state index in [4.69, 9.17) is 11.1 Å². The molecule has 0 radical (unpaired) electrons. The summed E-state index contributed by atoms with van der Waals surface area (Å²) < 4.78 is 0. The Morgan fingerprint density at radius 3 is 2.61 bits per heavy atom. The van der Waals surface area contributed by atoms with Crippen molar-refractivity contribution in [3.63, 3.8) is 0 Å². The van der Waals surface area contributed by atoms with Crippen molar-refractivity contribution in [2.75, 3.05) is 11.9 Å². The Kier molecular flexibility index (Phi) is 3.19. The van der Waals surface area contributed by atoms with Crippen LogP contribution in [-0.2, 0) is 0 Å². The minimum Gasteiger partial charge on any atom is -0.384 e. The Balaban J connectivity index is 2.68. The van der Waals surface area contributed by atoms with E-state index in [1.807, 2.05) is 37.4 Å². The van der Waals surface area contributed by atoms with Crippen LogP contribution in [0.3, 0.4) is 0 Å². The molecule has 1 aromatic heterocycles. The fourth-order valence-corrected chi connectivity index (χ4v) is 1.83. The van der Waals surface area contributed by atoms with Crippen LogP contribution in [0.4, 0.5) is 5.82 Å². The highest BCUT2D eigenvalue weighted by molar-refractivity contribution is 6.07. The van der Waals surface area contributed by atoms with Gasteiger partial charge >= 0.3 is 0 Å². The lowest BCUT2D eigenvalue weighted by Crippen LogP contribution is -2.27. The summed E-state index contributed by atoms with van der Waals surface area (Å²) in [6.07, 6.45) is 0. The molecule has 3 N–H and O–H groups in total. The predicted octanol–water partition coefficient (Wildman–Crippen LogP) is 2.36. The van der Waals surface area contributed by atoms with E-state index in [0.29, 0.717) is 6.04 Å². The molecule has 1 heterocycles. The number of nitrogens with one attached hydrogen (secondary N) is 1. The number of para-hydroxylation sites is 1. The lowest BCUT2D eigenvalue weighted by molar-refractivity contribution is 0.745. The van der Waals surface area contributed by atoms with Gasteiger partial charge in [-0.15, -0.1) is 0 Å². The molecule has 0 saturated carbocycles. The first-order valence-corrected chi connectivity index (χ1v) is 5.97. The van der Waals surface area contributed by atoms with Gasteiger partial charge in [-0.2, -0.15) is 0 Å². The summed E-state index contributed by atoms with van der Waals surface area (Å²) >= 11 is 0. The summed E-state index contributed by atoms with van der Waals surface area (Å²) in [6.45, 7) is 4.20. The molecule has 0 amide bonds. The van der Waals surface area contributed by atoms with E-state index in [9.17, 15) is 0 Å². The van der Waals surface area contributed by atoms with Gasteiger partial charge in [0.25, 0.3) is 0 Å². The van der Waals surface area contributed by atoms with Gasteiger partial charge in [-0.05, 0) is 26.0 Å². The second-order valence-corrected chi connectivity index (χ2v) is 4.66. The molecule has 0 atom stereocenters. The second kappa shape index (κ2) is 4.64. The van der Waals surface area contributed by atoms with E-state index < -0.39 is 0 Å². The number of hydrogen-bond donors (Lipinski definition) is 2. The average Bonchev–Trinajstić information content (AvgIpc) is 2.36. The lowest BCUT2D eigenvalue weighted by atomic mass is 10.1. The molecular formula is C14H18N4. The standard InChI is InChI=1S/C14H18N4/c1-9(2)18(3)13-8-11(14(15)16)10-6-4-5-7-12(10)17-13/h4-9H,1-3H3,(H3,15,16). The molecule has 4 heteroatoms. The summed E-state index contributed by atoms with van der Waals surface area (Å²) in [6, 6.07) is 9.99. The average molecular weight is 242 g/mol. The zero-order chi connectivity index (χ0) is 13.3. The zero-order valence-electron chi connectivity index (χ0n) is 10.9. The third kappa shape index (κ3) is 2.14. The van der Waals surface area contributed by atoms with Crippen LogP contribution < -0.4 is 10.6 Å². The first-order chi connectivity index (χ1) is 8.50. The number of aromatic nitrogens is 1. The maximum atomic E-state index is 7.69. The van der Waals surface area contributed by atoms with E-state index in [1.54, 1.807) is 0 Å². The van der Waals surface area contributed by atoms with Gasteiger partial charge in [0.05, 0.1) is 5.52 Å². The lowest BCUT2D eigenvalue weighted by Gasteiger charge is -2.23. The van der Waals surface area contributed by atoms with Crippen LogP contribution in [0.2, 0.25) is 0 Å². The van der Waals surface area contributed by atoms with Gasteiger partial charge in [0.15, 0.2) is 0 Å². The van der Waals surface area contributed by atoms with E-state index in [2.05, 4.69) is 23.7 Å². The van der Waals surface area contributed by atoms with Gasteiger partial charge in [0, 0.05) is 24.0 Å². The molecule has 4 nitrogen and oxygen atoms in total. The number of anilines is 1. The first-order valence-electron chi connectivity index (χ1n) is 5.97. The van der Waals surface area contributed by atoms with Crippen molar-refractivity contribution in [3.05, 3.63) is 35.9 Å². The second-order valence-electron chi connectivity index (χ2n) is 4.66. The Hall–Kier alpha value is -2.10. The smallest absolute Gasteiger partial charge is 0.129 e. The highest BCUT2D eigenvalue weighted by Gasteiger charge is 2.12. The van der Waals surface area contributed by atoms with Crippen molar-refractivity contribution >= 4 is 22.6 Å². The van der Waals surface area contributed by atoms with Crippen LogP contribution in [0.1, 0.15) is 19.4 Å². The number of nitrogens with two attached hydrogens (primary N) is 1. The summed E-state index contributed by atoms with van der Waals surface area (Å²) in [5.74, 6) is 0.918. The molecule has 0 unspecified atom stereocenters. The van der Waals surface area contributed by atoms with E-state index in [-0.39, 0.29) is 5.84 Å². The molecule has 1 aromatic carbocycles. The number of fused-ring (bicyclic) bond motifs is 1. The fraction of sp³-hybridized carbons (Fsp3) is 0.286. The van der Waals surface area contributed by atoms with Gasteiger partial charge in [0.2, 0.25) is 0 Å². The Labute approximate surface area is 107 Å². The zero-order valence-corrected chi connectivity index (χ0v) is 10.9. The quantitative estimate of drug-likeness (QED) is 0.641. The largest absolute Gasteiger partial charge is 0.384 e. The number of hydrogen-bond acceptors (Lipinski definition) is 3. The molecule has 0 aliphatic carbocycles. The highest BCUT2D eigenvalue weighted by atomic mass is 15.2. The van der Waals surface area contributed by atoms with Crippen molar-refractivity contribution < 1.29 is 0 Å². The predicted molar refractivity (Wildman–Crippen MR) is 76.3 cm³/mol. The Morgan fingerprint density at radius 2 is 2.00 bits per heavy atom. The van der Waals surface area contributed by atoms with Crippen LogP contribution in [-0.4, -0.2) is 23.9 Å². The summed E-state index contributed by atoms with van der Waals surface area (Å²) in [4.78, 5) is 6.68. The monoisotopic (exact) mass is 242 g/mol. The minimum atomic E-state index is 0.0759. The van der Waals surface area contributed by atoms with Gasteiger partial charge in [-0.25, -0.2) is 4.98 Å². The number of benzene rings is 1. The van der Waals surface area contributed by atoms with E-state index in [1.165, 1.54) is 0 Å². The van der Waals surface area contributed by atoms with Gasteiger partial charge in [-0.3, -0.25) is 5.41 Å². The normalized spacial score (nSPS) is 10.9. The van der Waals surface area contributed by atoms with Crippen molar-refractivity contribution in [1.29, 1.82) is 5.41 Å². The maximum Gasteiger partial charge on any atom is 0.129 e. The number of rotatable bonds is 3. The number of nitrogen functional groups attached to an aromatic ring is 1. The molecule has 0 saturated heterocycles. The van der Waals surface area contributed by atoms with Crippen LogP contribution in [0, 0.1) is 5.41 Å². The van der Waals surface area contributed by atoms with E-state index >= 15 is 0 Å². The molecule has 2 rings (SSSR count). The van der Waals surface area contributed by atoms with Crippen molar-refractivity contribution in [3.8, 4) is 0 Å². The third-order valence-corrected chi connectivity index (χ3v) is 3.13. The molecule has 0 aliphatic heterocycles. The third-order valence-electron chi connectivity index (χ3n) is 3.13. The molecule has 2 aromatic rings. The van der Waals surface area contributed by atoms with Gasteiger partial charge in [0.1, 0.15) is 11.7 Å². The summed E-state index contributed by atoms with van der Waals surface area (Å²) in [5, 5.41) is 8.62. The SMILES string of the molecule is CC(C)N(C)c1cc(C(=N)N)c2ccccc2n1. The number of amidine groups is 1. The van der Waals surface area contributed by atoms with Crippen LogP contribution >= 0.6 is 0 Å². The molecule has 18 heavy (non-hydrogen) atoms. The van der Waals surface area contributed by atoms with Crippen LogP contribution in [0.5, 0.6) is 0 Å². The molecule has 0 spiro atoms. The van der Waals surface area contributed by atoms with E-state index in [0.717, 1.165) is 22.3 Å². The first kappa shape index (κ1) is 12.4. The summed E-state index contributed by atoms with van der Waals surface area (Å²) in [5.41, 5.74) is 7.27. The molecular weight excluding hydrogens is 224 g/mol. The van der Waals surface area contributed by atoms with Crippen LogP contribution in [0.25, 0.3) is 10.9 Å². The minimum absolute atomic E-state index is 0.0759. The molecule has 0 fully saturated rings. The maximum absolute atomic E-state index is 7.69. The number of nitrogens with zero attached hydrogens (tertiary/aromatic N) is 2. The van der Waals surface area contributed by atoms with Crippen molar-refractivity contribution in [2.45, 2.75) is 19.9 Å². The summed E-state index contributed by atoms with van der Waals surface area (Å²) in [7, 11) is 1.99. The molecule has 94 valence electrons. The van der Waals surface area contributed by atoms with Crippen LogP contribution in [0.15, 0.2) is 30.3 Å². The molecule has 0 aliphatic rings. The Bertz CT molecular complexity index is 589. The van der Waals surface area contributed by atoms with Crippen molar-refractivity contribution in [2.24, 2.45) is 5.73 Å².